The molecule has 1 aromatic heterocycles. The molecule has 0 aliphatic heterocycles. The van der Waals surface area contributed by atoms with Crippen molar-refractivity contribution in [1.82, 2.24) is 15.4 Å². The molecule has 0 bridgehead atoms. The van der Waals surface area contributed by atoms with Gasteiger partial charge in [0.1, 0.15) is 17.1 Å². The summed E-state index contributed by atoms with van der Waals surface area (Å²) in [6.45, 7) is 0. The van der Waals surface area contributed by atoms with E-state index in [0.717, 1.165) is 0 Å². The largest absolute Gasteiger partial charge is 0.416 e. The number of nitrogens with two attached hydrogens (primary N) is 1. The highest BCUT2D eigenvalue weighted by atomic mass is 19.4. The Morgan fingerprint density at radius 2 is 1.74 bits per heavy atom. The fraction of sp³-hybridized carbons (Fsp3) is 0.0769. The van der Waals surface area contributed by atoms with E-state index in [9.17, 15) is 42.5 Å². The van der Waals surface area contributed by atoms with E-state index < -0.39 is 57.7 Å². The summed E-state index contributed by atoms with van der Waals surface area (Å²) >= 11 is 0. The minimum atomic E-state index is -4.89. The van der Waals surface area contributed by atoms with E-state index in [1.165, 1.54) is 18.2 Å². The zero-order chi connectivity index (χ0) is 30.6. The Morgan fingerprint density at radius 1 is 1.02 bits per heavy atom. The molecule has 5 N–H and O–H groups in total. The van der Waals surface area contributed by atoms with E-state index in [1.54, 1.807) is 35.8 Å². The molecule has 42 heavy (non-hydrogen) atoms. The molecule has 3 amide bonds. The molecule has 4 rings (SSSR count). The van der Waals surface area contributed by atoms with Crippen LogP contribution in [-0.2, 0) is 17.4 Å². The van der Waals surface area contributed by atoms with Gasteiger partial charge < -0.3 is 16.0 Å². The average Bonchev–Trinajstić information content (AvgIpc) is 2.94. The summed E-state index contributed by atoms with van der Waals surface area (Å²) in [5.41, 5.74) is 3.20. The fourth-order valence-corrected chi connectivity index (χ4v) is 3.75. The Morgan fingerprint density at radius 3 is 2.38 bits per heavy atom. The average molecular weight is 581 g/mol. The smallest absolute Gasteiger partial charge is 0.350 e. The lowest BCUT2D eigenvalue weighted by Gasteiger charge is -2.11. The first-order valence-corrected chi connectivity index (χ1v) is 11.7. The van der Waals surface area contributed by atoms with Crippen molar-refractivity contribution < 1.29 is 32.5 Å². The molecule has 0 unspecified atom stereocenters. The maximum absolute atomic E-state index is 13.0. The number of nitro benzene ring substituents is 1. The summed E-state index contributed by atoms with van der Waals surface area (Å²) in [7, 11) is 0. The quantitative estimate of drug-likeness (QED) is 0.106. The van der Waals surface area contributed by atoms with Crippen LogP contribution in [0.3, 0.4) is 0 Å². The van der Waals surface area contributed by atoms with Gasteiger partial charge >= 0.3 is 12.2 Å². The number of hydrazone groups is 1. The molecule has 0 fully saturated rings. The Hall–Kier alpha value is -5.93. The van der Waals surface area contributed by atoms with Gasteiger partial charge in [-0.3, -0.25) is 24.5 Å². The molecule has 0 aliphatic carbocycles. The second kappa shape index (κ2) is 11.7. The van der Waals surface area contributed by atoms with E-state index in [0.29, 0.717) is 17.7 Å². The number of ketones is 1. The van der Waals surface area contributed by atoms with Crippen LogP contribution < -0.4 is 22.0 Å². The molecule has 0 aliphatic rings. The number of carbonyl (C=O) groups is 3. The number of primary amides is 1. The summed E-state index contributed by atoms with van der Waals surface area (Å²) < 4.78 is 39.1. The van der Waals surface area contributed by atoms with E-state index in [-0.39, 0.29) is 34.1 Å². The summed E-state index contributed by atoms with van der Waals surface area (Å²) in [4.78, 5) is 66.7. The number of H-pyrrole nitrogens is 1. The molecule has 0 saturated carbocycles. The predicted octanol–water partition coefficient (Wildman–Crippen LogP) is 3.29. The van der Waals surface area contributed by atoms with Crippen molar-refractivity contribution in [2.45, 2.75) is 12.6 Å². The van der Waals surface area contributed by atoms with Crippen molar-refractivity contribution in [3.05, 3.63) is 110 Å². The minimum Gasteiger partial charge on any atom is -0.350 e. The molecule has 1 heterocycles. The first kappa shape index (κ1) is 29.1. The fourth-order valence-electron chi connectivity index (χ4n) is 3.75. The molecular formula is C26H18F3N7O6. The number of aromatic nitrogens is 2. The number of aromatic amines is 1. The highest BCUT2D eigenvalue weighted by Crippen LogP contribution is 2.35. The van der Waals surface area contributed by atoms with Gasteiger partial charge in [-0.15, -0.1) is 0 Å². The number of alkyl halides is 3. The summed E-state index contributed by atoms with van der Waals surface area (Å²) in [6, 6.07) is 13.0. The van der Waals surface area contributed by atoms with Crippen LogP contribution in [-0.4, -0.2) is 38.3 Å². The molecule has 0 radical (unpaired) electrons. The lowest BCUT2D eigenvalue weighted by molar-refractivity contribution is -0.384. The Kier molecular flexibility index (Phi) is 8.07. The molecule has 0 saturated heterocycles. The summed E-state index contributed by atoms with van der Waals surface area (Å²) in [5.74, 6) is -1.51. The lowest BCUT2D eigenvalue weighted by atomic mass is 10.0. The Bertz CT molecular complexity index is 1820. The maximum Gasteiger partial charge on any atom is 0.416 e. The van der Waals surface area contributed by atoms with Crippen LogP contribution in [0.2, 0.25) is 0 Å². The van der Waals surface area contributed by atoms with Crippen molar-refractivity contribution >= 4 is 45.8 Å². The van der Waals surface area contributed by atoms with E-state index in [4.69, 9.17) is 5.73 Å². The van der Waals surface area contributed by atoms with Crippen LogP contribution in [0.5, 0.6) is 0 Å². The van der Waals surface area contributed by atoms with Crippen LogP contribution in [0.15, 0.2) is 76.6 Å². The highest BCUT2D eigenvalue weighted by molar-refractivity contribution is 6.43. The molecule has 214 valence electrons. The predicted molar refractivity (Wildman–Crippen MR) is 143 cm³/mol. The zero-order valence-electron chi connectivity index (χ0n) is 21.1. The second-order valence-electron chi connectivity index (χ2n) is 8.59. The number of hydrogen-bond acceptors (Lipinski definition) is 8. The number of amides is 3. The van der Waals surface area contributed by atoms with Gasteiger partial charge in [-0.2, -0.15) is 18.3 Å². The van der Waals surface area contributed by atoms with Gasteiger partial charge in [0.15, 0.2) is 5.78 Å². The van der Waals surface area contributed by atoms with Crippen molar-refractivity contribution in [1.29, 1.82) is 0 Å². The summed E-state index contributed by atoms with van der Waals surface area (Å²) in [5, 5.41) is 17.0. The van der Waals surface area contributed by atoms with E-state index >= 15 is 0 Å². The molecule has 13 nitrogen and oxygen atoms in total. The van der Waals surface area contributed by atoms with Gasteiger partial charge in [-0.05, 0) is 30.3 Å². The number of nitro groups is 1. The normalized spacial score (nSPS) is 11.6. The van der Waals surface area contributed by atoms with Gasteiger partial charge in [-0.25, -0.2) is 15.2 Å². The SMILES string of the molecule is NC(=O)N/N=C(/Cc1nc2ccc(C(=O)c3ccccc3)cc2[nH]c1=O)C(=O)Nc1ccc(C(F)(F)F)cc1[N+](=O)[O-]. The van der Waals surface area contributed by atoms with Crippen LogP contribution in [0.1, 0.15) is 27.2 Å². The topological polar surface area (TPSA) is 203 Å². The second-order valence-corrected chi connectivity index (χ2v) is 8.59. The maximum atomic E-state index is 13.0. The molecule has 0 atom stereocenters. The number of nitrogens with zero attached hydrogens (tertiary/aromatic N) is 3. The van der Waals surface area contributed by atoms with Gasteiger partial charge in [0.05, 0.1) is 21.5 Å². The van der Waals surface area contributed by atoms with Crippen molar-refractivity contribution in [2.75, 3.05) is 5.32 Å². The number of nitrogens with one attached hydrogen (secondary N) is 3. The third-order valence-electron chi connectivity index (χ3n) is 5.73. The molecule has 4 aromatic rings. The number of carbonyl (C=O) groups excluding carboxylic acids is 3. The number of rotatable bonds is 8. The first-order chi connectivity index (χ1) is 19.8. The number of urea groups is 1. The Labute approximate surface area is 232 Å². The van der Waals surface area contributed by atoms with Crippen LogP contribution >= 0.6 is 0 Å². The van der Waals surface area contributed by atoms with Crippen LogP contribution in [0, 0.1) is 10.1 Å². The van der Waals surface area contributed by atoms with Gasteiger partial charge in [-0.1, -0.05) is 30.3 Å². The highest BCUT2D eigenvalue weighted by Gasteiger charge is 2.33. The standard InChI is InChI=1S/C26H18F3N7O6/c27-26(28,29)15-7-9-17(21(11-15)36(41)42)32-24(39)20(34-35-25(30)40)12-19-23(38)33-18-10-14(6-8-16(18)31-19)22(37)13-4-2-1-3-5-13/h1-11H,12H2,(H,32,39)(H,33,38)(H3,30,35,40)/b34-20-. The van der Waals surface area contributed by atoms with Crippen molar-refractivity contribution in [3.63, 3.8) is 0 Å². The summed E-state index contributed by atoms with van der Waals surface area (Å²) in [6.07, 6.45) is -5.53. The van der Waals surface area contributed by atoms with Gasteiger partial charge in [0.2, 0.25) is 0 Å². The van der Waals surface area contributed by atoms with Gasteiger partial charge in [0.25, 0.3) is 17.2 Å². The van der Waals surface area contributed by atoms with E-state index in [2.05, 4.69) is 20.4 Å². The van der Waals surface area contributed by atoms with Crippen molar-refractivity contribution in [2.24, 2.45) is 10.8 Å². The third kappa shape index (κ3) is 6.61. The third-order valence-corrected chi connectivity index (χ3v) is 5.73. The van der Waals surface area contributed by atoms with E-state index in [1.807, 2.05) is 0 Å². The Balaban J connectivity index is 1.65. The monoisotopic (exact) mass is 581 g/mol. The lowest BCUT2D eigenvalue weighted by Crippen LogP contribution is -2.33. The first-order valence-electron chi connectivity index (χ1n) is 11.7. The van der Waals surface area contributed by atoms with Crippen molar-refractivity contribution in [3.8, 4) is 0 Å². The van der Waals surface area contributed by atoms with Crippen LogP contribution in [0.25, 0.3) is 11.0 Å². The number of hydrogen-bond donors (Lipinski definition) is 4. The molecular weight excluding hydrogens is 563 g/mol. The zero-order valence-corrected chi connectivity index (χ0v) is 21.1. The van der Waals surface area contributed by atoms with Crippen LogP contribution in [0.4, 0.5) is 29.3 Å². The number of fused-ring (bicyclic) bond motifs is 1. The minimum absolute atomic E-state index is 0.198. The van der Waals surface area contributed by atoms with Gasteiger partial charge in [0, 0.05) is 23.6 Å². The molecule has 16 heteroatoms. The molecule has 0 spiro atoms. The number of benzene rings is 3. The molecule has 3 aromatic carbocycles. The number of halogens is 3. The number of anilines is 1.